The first-order valence-corrected chi connectivity index (χ1v) is 4.87. The van der Waals surface area contributed by atoms with E-state index < -0.39 is 23.3 Å². The molecule has 0 saturated carbocycles. The molecule has 0 aromatic carbocycles. The van der Waals surface area contributed by atoms with Crippen molar-refractivity contribution >= 4 is 16.5 Å². The van der Waals surface area contributed by atoms with Crippen molar-refractivity contribution < 1.29 is 28.0 Å². The maximum absolute atomic E-state index is 9.69. The van der Waals surface area contributed by atoms with Gasteiger partial charge < -0.3 is 15.9 Å². The van der Waals surface area contributed by atoms with Crippen molar-refractivity contribution in [1.29, 1.82) is 0 Å². The Labute approximate surface area is 71.5 Å². The Morgan fingerprint density at radius 3 is 1.50 bits per heavy atom. The molecule has 0 aliphatic carbocycles. The van der Waals surface area contributed by atoms with Crippen molar-refractivity contribution in [1.82, 2.24) is 6.15 Å². The molecule has 0 amide bonds. The average molecular weight is 221 g/mol. The van der Waals surface area contributed by atoms with Crippen LogP contribution in [0.3, 0.4) is 0 Å². The van der Waals surface area contributed by atoms with E-state index in [0.717, 1.165) is 0 Å². The predicted molar refractivity (Wildman–Crippen MR) is 45.8 cm³/mol. The fourth-order valence-corrected chi connectivity index (χ4v) is 0.568. The van der Waals surface area contributed by atoms with Crippen LogP contribution in [0.4, 0.5) is 0 Å². The molecule has 0 aliphatic heterocycles. The van der Waals surface area contributed by atoms with E-state index in [2.05, 4.69) is 22.2 Å². The fraction of sp³-hybridized carbons (Fsp3) is 0.333. The van der Waals surface area contributed by atoms with Crippen LogP contribution in [0.15, 0.2) is 13.2 Å². The summed E-state index contributed by atoms with van der Waals surface area (Å²) in [6.45, 7) is 5.38. The molecular weight excluding hydrogens is 208 g/mol. The molecule has 5 N–H and O–H groups in total. The van der Waals surface area contributed by atoms with Crippen molar-refractivity contribution in [2.75, 3.05) is 6.79 Å². The summed E-state index contributed by atoms with van der Waals surface area (Å²) in [5.74, 6) is 0. The highest BCUT2D eigenvalue weighted by Gasteiger charge is 1.93. The molecule has 0 bridgehead atoms. The van der Waals surface area contributed by atoms with Gasteiger partial charge in [-0.25, -0.2) is 0 Å². The quantitative estimate of drug-likeness (QED) is 0.362. The van der Waals surface area contributed by atoms with E-state index in [-0.39, 0.29) is 6.15 Å². The first-order chi connectivity index (χ1) is 5.13. The molecule has 0 aromatic rings. The Bertz CT molecular complexity index is 127. The van der Waals surface area contributed by atoms with Crippen molar-refractivity contribution in [3.05, 3.63) is 13.2 Å². The lowest BCUT2D eigenvalue weighted by Crippen LogP contribution is -1.85. The molecule has 0 radical (unpaired) electrons. The lowest BCUT2D eigenvalue weighted by Gasteiger charge is -1.96. The predicted octanol–water partition coefficient (Wildman–Crippen LogP) is 0.705. The molecule has 0 saturated heterocycles. The lowest BCUT2D eigenvalue weighted by atomic mass is 11.3. The first kappa shape index (κ1) is 17.9. The topological polar surface area (TPSA) is 128 Å². The van der Waals surface area contributed by atoms with Crippen LogP contribution in [0.25, 0.3) is 0 Å². The molecule has 12 heavy (non-hydrogen) atoms. The monoisotopic (exact) mass is 221 g/mol. The van der Waals surface area contributed by atoms with Crippen LogP contribution in [0.1, 0.15) is 0 Å². The third kappa shape index (κ3) is 22.5. The summed E-state index contributed by atoms with van der Waals surface area (Å²) < 4.78 is 27.2. The Hall–Kier alpha value is -0.0000000000000000486. The van der Waals surface area contributed by atoms with Gasteiger partial charge in [0, 0.05) is 0 Å². The summed E-state index contributed by atoms with van der Waals surface area (Å²) in [6, 6.07) is 0. The van der Waals surface area contributed by atoms with Crippen LogP contribution in [-0.2, 0) is 18.2 Å². The summed E-state index contributed by atoms with van der Waals surface area (Å²) in [5, 5.41) is 0. The molecule has 0 fully saturated rings. The van der Waals surface area contributed by atoms with Crippen LogP contribution in [0.2, 0.25) is 0 Å². The van der Waals surface area contributed by atoms with E-state index in [1.54, 1.807) is 0 Å². The number of rotatable bonds is 4. The van der Waals surface area contributed by atoms with Gasteiger partial charge in [0.2, 0.25) is 0 Å². The summed E-state index contributed by atoms with van der Waals surface area (Å²) in [6.07, 6.45) is 0. The molecular formula is C3H13NO6P2. The van der Waals surface area contributed by atoms with Gasteiger partial charge in [-0.2, -0.15) is 0 Å². The highest BCUT2D eigenvalue weighted by atomic mass is 31.1. The van der Waals surface area contributed by atoms with E-state index in [1.165, 1.54) is 0 Å². The Kier molecular flexibility index (Phi) is 20.3. The minimum atomic E-state index is -3.04. The standard InChI is InChI=1S/C2H4.CH6O6P2.H3N/c1-2;2-8(3)6-1-7-9(4)5;/h1-2H2;8-9H,1H2,(H,2,3)(H,4,5);1H3. The van der Waals surface area contributed by atoms with Gasteiger partial charge in [0.25, 0.3) is 0 Å². The van der Waals surface area contributed by atoms with Gasteiger partial charge in [0.05, 0.1) is 0 Å². The second-order valence-electron chi connectivity index (χ2n) is 0.938. The molecule has 0 spiro atoms. The third-order valence-electron chi connectivity index (χ3n) is 0.365. The van der Waals surface area contributed by atoms with Crippen molar-refractivity contribution in [2.45, 2.75) is 0 Å². The summed E-state index contributed by atoms with van der Waals surface area (Å²) >= 11 is 0. The summed E-state index contributed by atoms with van der Waals surface area (Å²) in [7, 11) is -6.08. The highest BCUT2D eigenvalue weighted by Crippen LogP contribution is 2.19. The maximum Gasteiger partial charge on any atom is 0.318 e. The molecule has 2 unspecified atom stereocenters. The zero-order valence-corrected chi connectivity index (χ0v) is 8.36. The largest absolute Gasteiger partial charge is 0.344 e. The lowest BCUT2D eigenvalue weighted by molar-refractivity contribution is 0.110. The van der Waals surface area contributed by atoms with E-state index in [1.807, 2.05) is 0 Å². The van der Waals surface area contributed by atoms with Crippen molar-refractivity contribution in [3.63, 3.8) is 0 Å². The molecule has 76 valence electrons. The van der Waals surface area contributed by atoms with E-state index >= 15 is 0 Å². The SMILES string of the molecule is C=C.N.O=[PH](O)OCO[PH](=O)O. The van der Waals surface area contributed by atoms with Crippen LogP contribution in [-0.4, -0.2) is 16.6 Å². The molecule has 7 nitrogen and oxygen atoms in total. The Morgan fingerprint density at radius 1 is 1.08 bits per heavy atom. The van der Waals surface area contributed by atoms with Gasteiger partial charge in [0.15, 0.2) is 6.79 Å². The Morgan fingerprint density at radius 2 is 1.33 bits per heavy atom. The molecule has 0 aromatic heterocycles. The zero-order chi connectivity index (χ0) is 9.28. The van der Waals surface area contributed by atoms with Gasteiger partial charge >= 0.3 is 16.5 Å². The summed E-state index contributed by atoms with van der Waals surface area (Å²) in [5.41, 5.74) is 0. The fourth-order valence-electron chi connectivity index (χ4n) is 0.130. The van der Waals surface area contributed by atoms with Crippen LogP contribution in [0, 0.1) is 0 Å². The second kappa shape index (κ2) is 13.6. The van der Waals surface area contributed by atoms with Gasteiger partial charge in [-0.1, -0.05) is 0 Å². The molecule has 0 rings (SSSR count). The van der Waals surface area contributed by atoms with E-state index in [0.29, 0.717) is 0 Å². The van der Waals surface area contributed by atoms with Gasteiger partial charge in [0.1, 0.15) is 0 Å². The second-order valence-corrected chi connectivity index (χ2v) is 2.58. The third-order valence-corrected chi connectivity index (χ3v) is 1.09. The van der Waals surface area contributed by atoms with Crippen molar-refractivity contribution in [2.24, 2.45) is 0 Å². The van der Waals surface area contributed by atoms with Crippen LogP contribution >= 0.6 is 16.5 Å². The van der Waals surface area contributed by atoms with Gasteiger partial charge in [-0.15, -0.1) is 13.2 Å². The van der Waals surface area contributed by atoms with E-state index in [4.69, 9.17) is 9.79 Å². The molecule has 0 aliphatic rings. The smallest absolute Gasteiger partial charge is 0.318 e. The normalized spacial score (nSPS) is 13.2. The minimum Gasteiger partial charge on any atom is -0.344 e. The zero-order valence-electron chi connectivity index (χ0n) is 6.36. The van der Waals surface area contributed by atoms with Gasteiger partial charge in [-0.05, 0) is 0 Å². The molecule has 2 atom stereocenters. The minimum absolute atomic E-state index is 0. The summed E-state index contributed by atoms with van der Waals surface area (Å²) in [4.78, 5) is 15.9. The molecule has 9 heteroatoms. The number of hydrogen-bond acceptors (Lipinski definition) is 5. The van der Waals surface area contributed by atoms with E-state index in [9.17, 15) is 9.13 Å². The highest BCUT2D eigenvalue weighted by molar-refractivity contribution is 7.32. The maximum atomic E-state index is 9.69. The van der Waals surface area contributed by atoms with Gasteiger partial charge in [-0.3, -0.25) is 18.2 Å². The Balaban J connectivity index is -0.000000249. The van der Waals surface area contributed by atoms with Crippen LogP contribution < -0.4 is 6.15 Å². The number of hydrogen-bond donors (Lipinski definition) is 3. The average Bonchev–Trinajstić information content (AvgIpc) is 1.90. The molecule has 0 heterocycles. The van der Waals surface area contributed by atoms with Crippen molar-refractivity contribution in [3.8, 4) is 0 Å². The first-order valence-electron chi connectivity index (χ1n) is 2.34. The van der Waals surface area contributed by atoms with Crippen LogP contribution in [0.5, 0.6) is 0 Å².